The van der Waals surface area contributed by atoms with Crippen LogP contribution in [0.5, 0.6) is 0 Å². The summed E-state index contributed by atoms with van der Waals surface area (Å²) < 4.78 is 5.30. The summed E-state index contributed by atoms with van der Waals surface area (Å²) in [6.45, 7) is 1.01. The molecule has 31 heavy (non-hydrogen) atoms. The van der Waals surface area contributed by atoms with Gasteiger partial charge in [-0.05, 0) is 43.4 Å². The van der Waals surface area contributed by atoms with E-state index in [9.17, 15) is 4.79 Å². The number of pyridine rings is 1. The zero-order chi connectivity index (χ0) is 21.0. The van der Waals surface area contributed by atoms with E-state index in [1.807, 2.05) is 12.1 Å². The molecule has 2 aromatic heterocycles. The monoisotopic (exact) mass is 417 g/mol. The van der Waals surface area contributed by atoms with E-state index in [-0.39, 0.29) is 11.9 Å². The van der Waals surface area contributed by atoms with Crippen molar-refractivity contribution in [3.63, 3.8) is 0 Å². The van der Waals surface area contributed by atoms with Crippen LogP contribution in [0, 0.1) is 0 Å². The smallest absolute Gasteiger partial charge is 0.227 e. The Morgan fingerprint density at radius 2 is 1.90 bits per heavy atom. The van der Waals surface area contributed by atoms with E-state index in [4.69, 9.17) is 4.52 Å². The predicted octanol–water partition coefficient (Wildman–Crippen LogP) is 3.38. The van der Waals surface area contributed by atoms with Gasteiger partial charge in [-0.3, -0.25) is 14.7 Å². The molecule has 2 atom stereocenters. The van der Waals surface area contributed by atoms with Crippen molar-refractivity contribution < 1.29 is 9.32 Å². The number of benzene rings is 1. The van der Waals surface area contributed by atoms with Crippen molar-refractivity contribution in [2.24, 2.45) is 0 Å². The van der Waals surface area contributed by atoms with E-state index < -0.39 is 0 Å². The Bertz CT molecular complexity index is 993. The van der Waals surface area contributed by atoms with E-state index in [0.717, 1.165) is 24.9 Å². The number of carbonyl (C=O) groups is 1. The summed E-state index contributed by atoms with van der Waals surface area (Å²) in [5.74, 6) is 1.04. The number of hydrogen-bond donors (Lipinski definition) is 1. The second-order valence-electron chi connectivity index (χ2n) is 8.53. The standard InChI is InChI=1S/C24H27N5O2/c30-22(10-11-23-27-24(28-31-23)18-7-4-12-25-15-18)26-19-13-20-8-9-21(14-19)29(20)16-17-5-2-1-3-6-17/h1-7,12,15,19-21H,8-11,13-14,16H2,(H,26,30). The minimum atomic E-state index is 0.0574. The van der Waals surface area contributed by atoms with E-state index >= 15 is 0 Å². The Morgan fingerprint density at radius 1 is 1.10 bits per heavy atom. The number of aryl methyl sites for hydroxylation is 1. The van der Waals surface area contributed by atoms with Crippen LogP contribution < -0.4 is 5.32 Å². The molecule has 2 saturated heterocycles. The summed E-state index contributed by atoms with van der Waals surface area (Å²) in [6.07, 6.45) is 8.70. The van der Waals surface area contributed by atoms with E-state index in [2.05, 4.69) is 55.7 Å². The average molecular weight is 418 g/mol. The highest BCUT2D eigenvalue weighted by molar-refractivity contribution is 5.76. The Hall–Kier alpha value is -3.06. The molecule has 1 N–H and O–H groups in total. The highest BCUT2D eigenvalue weighted by Gasteiger charge is 2.40. The summed E-state index contributed by atoms with van der Waals surface area (Å²) in [5.41, 5.74) is 2.17. The largest absolute Gasteiger partial charge is 0.353 e. The van der Waals surface area contributed by atoms with Crippen LogP contribution in [0.1, 0.15) is 43.6 Å². The molecule has 7 heteroatoms. The molecular formula is C24H27N5O2. The fourth-order valence-corrected chi connectivity index (χ4v) is 4.93. The third-order valence-corrected chi connectivity index (χ3v) is 6.41. The quantitative estimate of drug-likeness (QED) is 0.635. The lowest BCUT2D eigenvalue weighted by Gasteiger charge is -2.39. The number of aromatic nitrogens is 3. The van der Waals surface area contributed by atoms with Gasteiger partial charge in [0.05, 0.1) is 0 Å². The molecule has 0 saturated carbocycles. The van der Waals surface area contributed by atoms with Gasteiger partial charge in [-0.2, -0.15) is 4.98 Å². The first kappa shape index (κ1) is 19.9. The molecule has 2 aliphatic rings. The van der Waals surface area contributed by atoms with Gasteiger partial charge in [0.2, 0.25) is 17.6 Å². The van der Waals surface area contributed by atoms with Gasteiger partial charge in [0.15, 0.2) is 0 Å². The first-order chi connectivity index (χ1) is 15.2. The molecular weight excluding hydrogens is 390 g/mol. The summed E-state index contributed by atoms with van der Waals surface area (Å²) in [7, 11) is 0. The van der Waals surface area contributed by atoms with Gasteiger partial charge in [0.25, 0.3) is 0 Å². The van der Waals surface area contributed by atoms with Gasteiger partial charge in [-0.15, -0.1) is 0 Å². The van der Waals surface area contributed by atoms with Gasteiger partial charge in [0, 0.05) is 55.5 Å². The Labute approximate surface area is 181 Å². The van der Waals surface area contributed by atoms with Crippen molar-refractivity contribution in [1.82, 2.24) is 25.3 Å². The maximum absolute atomic E-state index is 12.5. The van der Waals surface area contributed by atoms with E-state index in [1.54, 1.807) is 12.4 Å². The van der Waals surface area contributed by atoms with Crippen molar-refractivity contribution >= 4 is 5.91 Å². The fraction of sp³-hybridized carbons (Fsp3) is 0.417. The topological polar surface area (TPSA) is 84.1 Å². The van der Waals surface area contributed by atoms with E-state index in [1.165, 1.54) is 18.4 Å². The molecule has 2 fully saturated rings. The minimum Gasteiger partial charge on any atom is -0.353 e. The SMILES string of the molecule is O=C(CCc1nc(-c2cccnc2)no1)NC1CC2CCC(C1)N2Cc1ccccc1. The number of hydrogen-bond acceptors (Lipinski definition) is 6. The molecule has 1 amide bonds. The van der Waals surface area contributed by atoms with Crippen LogP contribution >= 0.6 is 0 Å². The van der Waals surface area contributed by atoms with Crippen LogP contribution in [-0.4, -0.2) is 44.1 Å². The molecule has 0 spiro atoms. The molecule has 3 aromatic rings. The summed E-state index contributed by atoms with van der Waals surface area (Å²) in [5, 5.41) is 7.23. The lowest BCUT2D eigenvalue weighted by molar-refractivity contribution is -0.122. The average Bonchev–Trinajstić information content (AvgIpc) is 3.36. The number of nitrogens with one attached hydrogen (secondary N) is 1. The van der Waals surface area contributed by atoms with Crippen molar-refractivity contribution in [3.8, 4) is 11.4 Å². The first-order valence-electron chi connectivity index (χ1n) is 11.1. The Kier molecular flexibility index (Phi) is 5.76. The number of fused-ring (bicyclic) bond motifs is 2. The van der Waals surface area contributed by atoms with Crippen LogP contribution in [0.4, 0.5) is 0 Å². The molecule has 160 valence electrons. The Morgan fingerprint density at radius 3 is 2.65 bits per heavy atom. The number of amides is 1. The zero-order valence-electron chi connectivity index (χ0n) is 17.5. The number of carbonyl (C=O) groups excluding carboxylic acids is 1. The van der Waals surface area contributed by atoms with Crippen LogP contribution in [0.2, 0.25) is 0 Å². The van der Waals surface area contributed by atoms with Crippen LogP contribution in [0.3, 0.4) is 0 Å². The van der Waals surface area contributed by atoms with E-state index in [0.29, 0.717) is 36.6 Å². The van der Waals surface area contributed by atoms with Gasteiger partial charge in [0.1, 0.15) is 0 Å². The van der Waals surface area contributed by atoms with Crippen molar-refractivity contribution in [2.45, 2.75) is 63.2 Å². The van der Waals surface area contributed by atoms with Crippen LogP contribution in [-0.2, 0) is 17.8 Å². The second kappa shape index (κ2) is 8.98. The maximum Gasteiger partial charge on any atom is 0.227 e. The van der Waals surface area contributed by atoms with Crippen molar-refractivity contribution in [3.05, 3.63) is 66.3 Å². The van der Waals surface area contributed by atoms with Crippen LogP contribution in [0.15, 0.2) is 59.4 Å². The van der Waals surface area contributed by atoms with Gasteiger partial charge in [-0.25, -0.2) is 0 Å². The van der Waals surface area contributed by atoms with Gasteiger partial charge < -0.3 is 9.84 Å². The first-order valence-corrected chi connectivity index (χ1v) is 11.1. The second-order valence-corrected chi connectivity index (χ2v) is 8.53. The highest BCUT2D eigenvalue weighted by atomic mass is 16.5. The third-order valence-electron chi connectivity index (χ3n) is 6.41. The normalized spacial score (nSPS) is 23.0. The minimum absolute atomic E-state index is 0.0574. The van der Waals surface area contributed by atoms with Crippen LogP contribution in [0.25, 0.3) is 11.4 Å². The third kappa shape index (κ3) is 4.66. The summed E-state index contributed by atoms with van der Waals surface area (Å²) >= 11 is 0. The lowest BCUT2D eigenvalue weighted by atomic mass is 9.96. The summed E-state index contributed by atoms with van der Waals surface area (Å²) in [4.78, 5) is 23.6. The predicted molar refractivity (Wildman–Crippen MR) is 116 cm³/mol. The molecule has 2 bridgehead atoms. The van der Waals surface area contributed by atoms with Crippen molar-refractivity contribution in [2.75, 3.05) is 0 Å². The Balaban J connectivity index is 1.11. The lowest BCUT2D eigenvalue weighted by Crippen LogP contribution is -2.50. The molecule has 0 radical (unpaired) electrons. The molecule has 2 aliphatic heterocycles. The number of nitrogens with zero attached hydrogens (tertiary/aromatic N) is 4. The van der Waals surface area contributed by atoms with Gasteiger partial charge in [-0.1, -0.05) is 35.5 Å². The molecule has 0 aliphatic carbocycles. The fourth-order valence-electron chi connectivity index (χ4n) is 4.93. The number of rotatable bonds is 7. The zero-order valence-corrected chi connectivity index (χ0v) is 17.5. The van der Waals surface area contributed by atoms with Gasteiger partial charge >= 0.3 is 0 Å². The van der Waals surface area contributed by atoms with Crippen molar-refractivity contribution in [1.29, 1.82) is 0 Å². The highest BCUT2D eigenvalue weighted by Crippen LogP contribution is 2.36. The molecule has 2 unspecified atom stereocenters. The number of piperidine rings is 1. The molecule has 5 rings (SSSR count). The molecule has 1 aromatic carbocycles. The maximum atomic E-state index is 12.5. The molecule has 7 nitrogen and oxygen atoms in total. The summed E-state index contributed by atoms with van der Waals surface area (Å²) in [6, 6.07) is 15.8. The molecule has 4 heterocycles.